The summed E-state index contributed by atoms with van der Waals surface area (Å²) in [6, 6.07) is 7.89. The molecule has 0 spiro atoms. The largest absolute Gasteiger partial charge is 0.343 e. The van der Waals surface area contributed by atoms with Crippen LogP contribution >= 0.6 is 0 Å². The molecule has 1 aromatic carbocycles. The second kappa shape index (κ2) is 3.45. The number of hydrogen-bond donors (Lipinski definition) is 0. The molecule has 2 aromatic heterocycles. The van der Waals surface area contributed by atoms with E-state index in [1.807, 2.05) is 35.9 Å². The first-order valence-corrected chi connectivity index (χ1v) is 6.29. The molecule has 1 aliphatic rings. The standard InChI is InChI=1S/C15H11N3O2/c1-17-10-6-4-3-5-8(10)9-7-16-12-11(13(9)17)14(19)18(2)15(12)20/h3-7H,1-2H3. The quantitative estimate of drug-likeness (QED) is 0.584. The van der Waals surface area contributed by atoms with Gasteiger partial charge in [-0.25, -0.2) is 4.98 Å². The van der Waals surface area contributed by atoms with E-state index in [1.54, 1.807) is 6.20 Å². The SMILES string of the molecule is CN1C(=O)c2ncc3c4ccccc4n(C)c3c2C1=O. The molecule has 0 N–H and O–H groups in total. The summed E-state index contributed by atoms with van der Waals surface area (Å²) in [7, 11) is 3.39. The number of carbonyl (C=O) groups excluding carboxylic acids is 2. The van der Waals surface area contributed by atoms with Crippen molar-refractivity contribution in [3.05, 3.63) is 41.7 Å². The monoisotopic (exact) mass is 265 g/mol. The number of carbonyl (C=O) groups is 2. The molecule has 0 atom stereocenters. The first-order valence-electron chi connectivity index (χ1n) is 6.29. The maximum absolute atomic E-state index is 12.3. The number of fused-ring (bicyclic) bond motifs is 5. The van der Waals surface area contributed by atoms with Crippen LogP contribution in [0.15, 0.2) is 30.5 Å². The van der Waals surface area contributed by atoms with Crippen LogP contribution in [0.25, 0.3) is 21.8 Å². The van der Waals surface area contributed by atoms with Gasteiger partial charge in [-0.3, -0.25) is 14.5 Å². The lowest BCUT2D eigenvalue weighted by atomic mass is 10.1. The Morgan fingerprint density at radius 2 is 1.75 bits per heavy atom. The second-order valence-electron chi connectivity index (χ2n) is 4.99. The molecule has 0 unspecified atom stereocenters. The van der Waals surface area contributed by atoms with E-state index in [0.717, 1.165) is 26.7 Å². The number of aryl methyl sites for hydroxylation is 1. The predicted octanol–water partition coefficient (Wildman–Crippen LogP) is 1.95. The van der Waals surface area contributed by atoms with E-state index >= 15 is 0 Å². The Kier molecular flexibility index (Phi) is 1.92. The van der Waals surface area contributed by atoms with Crippen molar-refractivity contribution in [2.45, 2.75) is 0 Å². The van der Waals surface area contributed by atoms with Crippen LogP contribution in [0.3, 0.4) is 0 Å². The third-order valence-corrected chi connectivity index (χ3v) is 3.97. The molecule has 3 aromatic rings. The van der Waals surface area contributed by atoms with Crippen LogP contribution < -0.4 is 0 Å². The molecular formula is C15H11N3O2. The number of aromatic nitrogens is 2. The lowest BCUT2D eigenvalue weighted by molar-refractivity contribution is 0.0692. The molecule has 98 valence electrons. The lowest BCUT2D eigenvalue weighted by Gasteiger charge is -2.03. The molecule has 0 aliphatic carbocycles. The molecule has 5 heteroatoms. The molecule has 0 bridgehead atoms. The van der Waals surface area contributed by atoms with Crippen molar-refractivity contribution in [2.24, 2.45) is 7.05 Å². The highest BCUT2D eigenvalue weighted by atomic mass is 16.2. The van der Waals surface area contributed by atoms with Crippen LogP contribution in [0.4, 0.5) is 0 Å². The van der Waals surface area contributed by atoms with E-state index in [0.29, 0.717) is 5.56 Å². The molecule has 0 fully saturated rings. The molecule has 0 saturated heterocycles. The highest BCUT2D eigenvalue weighted by Crippen LogP contribution is 2.33. The topological polar surface area (TPSA) is 55.2 Å². The summed E-state index contributed by atoms with van der Waals surface area (Å²) in [5.74, 6) is -0.619. The number of rotatable bonds is 0. The van der Waals surface area contributed by atoms with Gasteiger partial charge in [-0.15, -0.1) is 0 Å². The normalized spacial score (nSPS) is 14.6. The van der Waals surface area contributed by atoms with Crippen molar-refractivity contribution in [2.75, 3.05) is 7.05 Å². The lowest BCUT2D eigenvalue weighted by Crippen LogP contribution is -2.24. The average Bonchev–Trinajstić information content (AvgIpc) is 2.88. The summed E-state index contributed by atoms with van der Waals surface area (Å²) < 4.78 is 1.95. The highest BCUT2D eigenvalue weighted by Gasteiger charge is 2.37. The predicted molar refractivity (Wildman–Crippen MR) is 74.6 cm³/mol. The van der Waals surface area contributed by atoms with Crippen molar-refractivity contribution in [3.63, 3.8) is 0 Å². The summed E-state index contributed by atoms with van der Waals surface area (Å²) in [5.41, 5.74) is 2.45. The number of imide groups is 1. The molecule has 4 rings (SSSR count). The zero-order chi connectivity index (χ0) is 14.0. The summed E-state index contributed by atoms with van der Waals surface area (Å²) in [4.78, 5) is 29.6. The minimum absolute atomic E-state index is 0.246. The minimum atomic E-state index is -0.336. The summed E-state index contributed by atoms with van der Waals surface area (Å²) in [6.07, 6.45) is 1.68. The first-order chi connectivity index (χ1) is 9.61. The molecule has 5 nitrogen and oxygen atoms in total. The Balaban J connectivity index is 2.27. The first kappa shape index (κ1) is 11.2. The van der Waals surface area contributed by atoms with E-state index in [1.165, 1.54) is 7.05 Å². The van der Waals surface area contributed by atoms with Gasteiger partial charge in [-0.05, 0) is 6.07 Å². The van der Waals surface area contributed by atoms with Crippen molar-refractivity contribution < 1.29 is 9.59 Å². The van der Waals surface area contributed by atoms with E-state index < -0.39 is 0 Å². The Morgan fingerprint density at radius 1 is 1.00 bits per heavy atom. The fourth-order valence-corrected chi connectivity index (χ4v) is 2.94. The van der Waals surface area contributed by atoms with Gasteiger partial charge in [0.2, 0.25) is 0 Å². The van der Waals surface area contributed by atoms with Gasteiger partial charge in [-0.1, -0.05) is 18.2 Å². The molecular weight excluding hydrogens is 254 g/mol. The number of pyridine rings is 1. The van der Waals surface area contributed by atoms with E-state index in [4.69, 9.17) is 0 Å². The summed E-state index contributed by atoms with van der Waals surface area (Å²) >= 11 is 0. The fourth-order valence-electron chi connectivity index (χ4n) is 2.94. The Morgan fingerprint density at radius 3 is 2.55 bits per heavy atom. The van der Waals surface area contributed by atoms with Crippen LogP contribution in [-0.2, 0) is 7.05 Å². The highest BCUT2D eigenvalue weighted by molar-refractivity contribution is 6.27. The van der Waals surface area contributed by atoms with Gasteiger partial charge in [0, 0.05) is 36.6 Å². The van der Waals surface area contributed by atoms with Gasteiger partial charge < -0.3 is 4.57 Å². The number of benzene rings is 1. The molecule has 2 amide bonds. The maximum Gasteiger partial charge on any atom is 0.279 e. The van der Waals surface area contributed by atoms with Crippen molar-refractivity contribution >= 4 is 33.6 Å². The third kappa shape index (κ3) is 1.10. The van der Waals surface area contributed by atoms with Gasteiger partial charge in [0.05, 0.1) is 11.1 Å². The van der Waals surface area contributed by atoms with Crippen LogP contribution in [-0.4, -0.2) is 33.3 Å². The van der Waals surface area contributed by atoms with Gasteiger partial charge >= 0.3 is 0 Å². The number of hydrogen-bond acceptors (Lipinski definition) is 3. The number of nitrogens with zero attached hydrogens (tertiary/aromatic N) is 3. The fraction of sp³-hybridized carbons (Fsp3) is 0.133. The van der Waals surface area contributed by atoms with Crippen LogP contribution in [0, 0.1) is 0 Å². The van der Waals surface area contributed by atoms with Crippen molar-refractivity contribution in [1.82, 2.24) is 14.5 Å². The van der Waals surface area contributed by atoms with Gasteiger partial charge in [-0.2, -0.15) is 0 Å². The minimum Gasteiger partial charge on any atom is -0.343 e. The number of para-hydroxylation sites is 1. The third-order valence-electron chi connectivity index (χ3n) is 3.97. The zero-order valence-corrected chi connectivity index (χ0v) is 11.0. The van der Waals surface area contributed by atoms with Crippen LogP contribution in [0.1, 0.15) is 20.8 Å². The van der Waals surface area contributed by atoms with Gasteiger partial charge in [0.1, 0.15) is 5.69 Å². The number of amides is 2. The summed E-state index contributed by atoms with van der Waals surface area (Å²) in [6.45, 7) is 0. The van der Waals surface area contributed by atoms with Gasteiger partial charge in [0.25, 0.3) is 11.8 Å². The van der Waals surface area contributed by atoms with E-state index in [9.17, 15) is 9.59 Å². The van der Waals surface area contributed by atoms with Crippen molar-refractivity contribution in [3.8, 4) is 0 Å². The average molecular weight is 265 g/mol. The Hall–Kier alpha value is -2.69. The molecule has 20 heavy (non-hydrogen) atoms. The molecule has 1 aliphatic heterocycles. The van der Waals surface area contributed by atoms with Crippen LogP contribution in [0.2, 0.25) is 0 Å². The maximum atomic E-state index is 12.3. The van der Waals surface area contributed by atoms with Crippen LogP contribution in [0.5, 0.6) is 0 Å². The van der Waals surface area contributed by atoms with Crippen molar-refractivity contribution in [1.29, 1.82) is 0 Å². The Bertz CT molecular complexity index is 924. The molecule has 0 radical (unpaired) electrons. The van der Waals surface area contributed by atoms with Gasteiger partial charge in [0.15, 0.2) is 0 Å². The second-order valence-corrected chi connectivity index (χ2v) is 4.99. The molecule has 3 heterocycles. The summed E-state index contributed by atoms with van der Waals surface area (Å²) in [5, 5.41) is 1.94. The smallest absolute Gasteiger partial charge is 0.279 e. The van der Waals surface area contributed by atoms with E-state index in [2.05, 4.69) is 4.98 Å². The zero-order valence-electron chi connectivity index (χ0n) is 11.0. The van der Waals surface area contributed by atoms with E-state index in [-0.39, 0.29) is 17.5 Å². The Labute approximate surface area is 114 Å². The molecule has 0 saturated carbocycles.